The average Bonchev–Trinajstić information content (AvgIpc) is 2.38. The number of carbonyl (C=O) groups is 1. The molecule has 2 aliphatic heterocycles. The van der Waals surface area contributed by atoms with Crippen LogP contribution in [0, 0.1) is 0 Å². The number of piperazine rings is 1. The van der Waals surface area contributed by atoms with Crippen molar-refractivity contribution in [1.29, 1.82) is 0 Å². The van der Waals surface area contributed by atoms with Crippen LogP contribution in [0.2, 0.25) is 0 Å². The minimum absolute atomic E-state index is 0.0661. The van der Waals surface area contributed by atoms with Crippen molar-refractivity contribution < 1.29 is 4.79 Å². The van der Waals surface area contributed by atoms with E-state index in [0.29, 0.717) is 18.5 Å². The van der Waals surface area contributed by atoms with Crippen molar-refractivity contribution in [2.24, 2.45) is 5.84 Å². The highest BCUT2D eigenvalue weighted by Gasteiger charge is 2.31. The lowest BCUT2D eigenvalue weighted by Crippen LogP contribution is -2.57. The Morgan fingerprint density at radius 1 is 1.41 bits per heavy atom. The molecule has 2 rings (SSSR count). The van der Waals surface area contributed by atoms with Gasteiger partial charge < -0.3 is 0 Å². The smallest absolute Gasteiger partial charge is 0.235 e. The number of amides is 1. The summed E-state index contributed by atoms with van der Waals surface area (Å²) in [6, 6.07) is 1.00. The van der Waals surface area contributed by atoms with Crippen LogP contribution in [0.4, 0.5) is 0 Å². The number of nitrogens with one attached hydrogen (secondary N) is 1. The maximum absolute atomic E-state index is 11.3. The summed E-state index contributed by atoms with van der Waals surface area (Å²) in [4.78, 5) is 16.3. The van der Waals surface area contributed by atoms with E-state index in [4.69, 9.17) is 5.84 Å². The zero-order valence-corrected chi connectivity index (χ0v) is 10.7. The van der Waals surface area contributed by atoms with E-state index in [1.54, 1.807) is 0 Å². The molecule has 5 heteroatoms. The molecule has 98 valence electrons. The van der Waals surface area contributed by atoms with E-state index in [-0.39, 0.29) is 5.91 Å². The zero-order chi connectivity index (χ0) is 12.3. The molecule has 3 N–H and O–H groups in total. The summed E-state index contributed by atoms with van der Waals surface area (Å²) in [6.07, 6.45) is 4.52. The molecule has 1 amide bonds. The second kappa shape index (κ2) is 5.80. The highest BCUT2D eigenvalue weighted by Crippen LogP contribution is 2.22. The first-order chi connectivity index (χ1) is 8.20. The maximum Gasteiger partial charge on any atom is 0.235 e. The van der Waals surface area contributed by atoms with Gasteiger partial charge in [-0.15, -0.1) is 0 Å². The summed E-state index contributed by atoms with van der Waals surface area (Å²) in [5.41, 5.74) is 2.22. The monoisotopic (exact) mass is 240 g/mol. The molecule has 0 spiro atoms. The SMILES string of the molecule is CC(CC(=O)NN)N1CCN2CCCCC2C1. The van der Waals surface area contributed by atoms with Crippen LogP contribution in [0.15, 0.2) is 0 Å². The molecule has 2 heterocycles. The zero-order valence-electron chi connectivity index (χ0n) is 10.7. The number of nitrogens with two attached hydrogens (primary N) is 1. The largest absolute Gasteiger partial charge is 0.298 e. The second-order valence-corrected chi connectivity index (χ2v) is 5.30. The Balaban J connectivity index is 1.84. The van der Waals surface area contributed by atoms with Crippen molar-refractivity contribution in [3.05, 3.63) is 0 Å². The van der Waals surface area contributed by atoms with E-state index in [9.17, 15) is 4.79 Å². The fraction of sp³-hybridized carbons (Fsp3) is 0.917. The van der Waals surface area contributed by atoms with Gasteiger partial charge in [0.1, 0.15) is 0 Å². The van der Waals surface area contributed by atoms with Gasteiger partial charge in [0, 0.05) is 38.1 Å². The van der Waals surface area contributed by atoms with E-state index < -0.39 is 0 Å². The summed E-state index contributed by atoms with van der Waals surface area (Å²) < 4.78 is 0. The molecule has 0 saturated carbocycles. The highest BCUT2D eigenvalue weighted by molar-refractivity contribution is 5.75. The van der Waals surface area contributed by atoms with Gasteiger partial charge in [-0.1, -0.05) is 6.42 Å². The lowest BCUT2D eigenvalue weighted by atomic mass is 9.98. The first kappa shape index (κ1) is 12.8. The van der Waals surface area contributed by atoms with Crippen molar-refractivity contribution in [1.82, 2.24) is 15.2 Å². The van der Waals surface area contributed by atoms with Gasteiger partial charge in [-0.25, -0.2) is 5.84 Å². The van der Waals surface area contributed by atoms with Gasteiger partial charge in [0.05, 0.1) is 0 Å². The molecular weight excluding hydrogens is 216 g/mol. The van der Waals surface area contributed by atoms with Crippen LogP contribution < -0.4 is 11.3 Å². The average molecular weight is 240 g/mol. The van der Waals surface area contributed by atoms with Gasteiger partial charge in [0.25, 0.3) is 0 Å². The Kier molecular flexibility index (Phi) is 4.36. The number of hydrogen-bond acceptors (Lipinski definition) is 4. The molecule has 2 unspecified atom stereocenters. The molecule has 0 bridgehead atoms. The number of hydrazine groups is 1. The van der Waals surface area contributed by atoms with Crippen LogP contribution >= 0.6 is 0 Å². The summed E-state index contributed by atoms with van der Waals surface area (Å²) in [5.74, 6) is 5.06. The molecule has 0 aliphatic carbocycles. The maximum atomic E-state index is 11.3. The van der Waals surface area contributed by atoms with Crippen LogP contribution in [-0.2, 0) is 4.79 Å². The van der Waals surface area contributed by atoms with Crippen molar-refractivity contribution in [3.8, 4) is 0 Å². The molecule has 2 fully saturated rings. The van der Waals surface area contributed by atoms with E-state index in [2.05, 4.69) is 22.1 Å². The topological polar surface area (TPSA) is 61.6 Å². The molecule has 17 heavy (non-hydrogen) atoms. The van der Waals surface area contributed by atoms with Gasteiger partial charge in [-0.3, -0.25) is 20.0 Å². The normalized spacial score (nSPS) is 28.5. The molecule has 0 aromatic heterocycles. The van der Waals surface area contributed by atoms with E-state index in [1.807, 2.05) is 0 Å². The summed E-state index contributed by atoms with van der Waals surface area (Å²) in [5, 5.41) is 0. The van der Waals surface area contributed by atoms with Crippen LogP contribution in [0.1, 0.15) is 32.6 Å². The third kappa shape index (κ3) is 3.18. The predicted octanol–water partition coefficient (Wildman–Crippen LogP) is -0.0750. The first-order valence-electron chi connectivity index (χ1n) is 6.68. The number of hydrogen-bond donors (Lipinski definition) is 2. The van der Waals surface area contributed by atoms with Crippen LogP contribution in [0.3, 0.4) is 0 Å². The van der Waals surface area contributed by atoms with Crippen LogP contribution in [0.25, 0.3) is 0 Å². The van der Waals surface area contributed by atoms with Gasteiger partial charge in [0.15, 0.2) is 0 Å². The van der Waals surface area contributed by atoms with E-state index in [0.717, 1.165) is 19.6 Å². The molecule has 0 radical (unpaired) electrons. The lowest BCUT2D eigenvalue weighted by molar-refractivity contribution is -0.122. The summed E-state index contributed by atoms with van der Waals surface area (Å²) in [6.45, 7) is 6.72. The van der Waals surface area contributed by atoms with Gasteiger partial charge in [-0.05, 0) is 26.3 Å². The van der Waals surface area contributed by atoms with Crippen molar-refractivity contribution in [2.45, 2.75) is 44.7 Å². The fourth-order valence-electron chi connectivity index (χ4n) is 3.04. The van der Waals surface area contributed by atoms with Gasteiger partial charge >= 0.3 is 0 Å². The molecule has 5 nitrogen and oxygen atoms in total. The van der Waals surface area contributed by atoms with Crippen LogP contribution in [0.5, 0.6) is 0 Å². The standard InChI is InChI=1S/C12H24N4O/c1-10(8-12(17)14-13)16-7-6-15-5-3-2-4-11(15)9-16/h10-11H,2-9,13H2,1H3,(H,14,17). The Morgan fingerprint density at radius 3 is 3.00 bits per heavy atom. The predicted molar refractivity (Wildman–Crippen MR) is 67.2 cm³/mol. The van der Waals surface area contributed by atoms with E-state index >= 15 is 0 Å². The number of piperidine rings is 1. The van der Waals surface area contributed by atoms with Crippen molar-refractivity contribution >= 4 is 5.91 Å². The third-order valence-electron chi connectivity index (χ3n) is 4.13. The molecule has 2 aliphatic rings. The summed E-state index contributed by atoms with van der Waals surface area (Å²) >= 11 is 0. The van der Waals surface area contributed by atoms with E-state index in [1.165, 1.54) is 25.8 Å². The molecule has 0 aromatic rings. The molecular formula is C12H24N4O. The Labute approximate surface area is 103 Å². The van der Waals surface area contributed by atoms with Gasteiger partial charge in [-0.2, -0.15) is 0 Å². The number of nitrogens with zero attached hydrogens (tertiary/aromatic N) is 2. The van der Waals surface area contributed by atoms with Crippen molar-refractivity contribution in [2.75, 3.05) is 26.2 Å². The Bertz CT molecular complexity index is 271. The fourth-order valence-corrected chi connectivity index (χ4v) is 3.04. The summed E-state index contributed by atoms with van der Waals surface area (Å²) in [7, 11) is 0. The third-order valence-corrected chi connectivity index (χ3v) is 4.13. The number of fused-ring (bicyclic) bond motifs is 1. The first-order valence-corrected chi connectivity index (χ1v) is 6.68. The Morgan fingerprint density at radius 2 is 2.24 bits per heavy atom. The quantitative estimate of drug-likeness (QED) is 0.412. The minimum atomic E-state index is -0.0661. The number of rotatable bonds is 3. The van der Waals surface area contributed by atoms with Gasteiger partial charge in [0.2, 0.25) is 5.91 Å². The minimum Gasteiger partial charge on any atom is -0.298 e. The number of carbonyl (C=O) groups excluding carboxylic acids is 1. The van der Waals surface area contributed by atoms with Crippen molar-refractivity contribution in [3.63, 3.8) is 0 Å². The highest BCUT2D eigenvalue weighted by atomic mass is 16.2. The lowest BCUT2D eigenvalue weighted by Gasteiger charge is -2.45. The molecule has 0 aromatic carbocycles. The molecule has 2 saturated heterocycles. The Hall–Kier alpha value is -0.650. The van der Waals surface area contributed by atoms with Crippen LogP contribution in [-0.4, -0.2) is 54.0 Å². The molecule has 2 atom stereocenters. The second-order valence-electron chi connectivity index (χ2n) is 5.30.